The number of carboxylic acids is 1. The number of pyridine rings is 2. The fraction of sp³-hybridized carbons (Fsp3) is 0.379. The van der Waals surface area contributed by atoms with Gasteiger partial charge in [-0.15, -0.1) is 0 Å². The lowest BCUT2D eigenvalue weighted by Crippen LogP contribution is -2.35. The van der Waals surface area contributed by atoms with Crippen molar-refractivity contribution < 1.29 is 23.8 Å². The highest BCUT2D eigenvalue weighted by molar-refractivity contribution is 6.30. The van der Waals surface area contributed by atoms with Crippen molar-refractivity contribution in [2.45, 2.75) is 44.9 Å². The molecule has 1 N–H and O–H groups in total. The van der Waals surface area contributed by atoms with E-state index in [1.807, 2.05) is 28.8 Å². The van der Waals surface area contributed by atoms with Crippen LogP contribution in [0.1, 0.15) is 41.1 Å². The number of fused-ring (bicyclic) bond motifs is 1. The van der Waals surface area contributed by atoms with E-state index in [1.165, 1.54) is 6.07 Å². The lowest BCUT2D eigenvalue weighted by atomic mass is 9.93. The predicted octanol–water partition coefficient (Wildman–Crippen LogP) is 5.14. The number of hydrogen-bond acceptors (Lipinski definition) is 7. The standard InChI is InChI=1S/C29H29ClFN5O4/c30-19-4-5-20(32-15-19)17-40-26-3-1-2-24(34-26)35-11-8-18(9-12-35)14-25-33-23-7-6-22(29(37)38)27(31)28(23)36(25)16-21-10-13-39-21/h1-7,15,18,21H,8-14,16-17H2,(H,37,38)/t21-/m0/s1. The van der Waals surface area contributed by atoms with Gasteiger partial charge in [-0.3, -0.25) is 4.98 Å². The van der Waals surface area contributed by atoms with Crippen LogP contribution in [-0.2, 0) is 24.3 Å². The number of benzene rings is 1. The molecule has 2 saturated heterocycles. The Bertz CT molecular complexity index is 1520. The van der Waals surface area contributed by atoms with E-state index in [0.29, 0.717) is 48.5 Å². The van der Waals surface area contributed by atoms with Crippen LogP contribution in [0.2, 0.25) is 5.02 Å². The minimum absolute atomic E-state index is 0.0121. The van der Waals surface area contributed by atoms with E-state index in [1.54, 1.807) is 18.3 Å². The first-order valence-electron chi connectivity index (χ1n) is 13.4. The van der Waals surface area contributed by atoms with Crippen LogP contribution in [0, 0.1) is 11.7 Å². The third-order valence-corrected chi connectivity index (χ3v) is 7.83. The van der Waals surface area contributed by atoms with Crippen molar-refractivity contribution in [2.24, 2.45) is 5.92 Å². The predicted molar refractivity (Wildman–Crippen MR) is 147 cm³/mol. The zero-order valence-corrected chi connectivity index (χ0v) is 22.6. The topological polar surface area (TPSA) is 103 Å². The maximum atomic E-state index is 15.3. The summed E-state index contributed by atoms with van der Waals surface area (Å²) in [7, 11) is 0. The molecule has 40 heavy (non-hydrogen) atoms. The highest BCUT2D eigenvalue weighted by Crippen LogP contribution is 2.30. The molecule has 4 aromatic rings. The molecule has 0 radical (unpaired) electrons. The quantitative estimate of drug-likeness (QED) is 0.297. The summed E-state index contributed by atoms with van der Waals surface area (Å²) in [6, 6.07) is 12.2. The SMILES string of the molecule is O=C(O)c1ccc2nc(CC3CCN(c4cccc(OCc5ccc(Cl)cn5)n4)CC3)n(C[C@@H]3CCO3)c2c1F. The number of ether oxygens (including phenoxy) is 2. The van der Waals surface area contributed by atoms with Crippen LogP contribution in [0.5, 0.6) is 5.88 Å². The number of rotatable bonds is 9. The molecule has 2 aliphatic rings. The molecule has 6 rings (SSSR count). The first-order chi connectivity index (χ1) is 19.4. The van der Waals surface area contributed by atoms with Gasteiger partial charge in [0.05, 0.1) is 34.4 Å². The van der Waals surface area contributed by atoms with Crippen LogP contribution in [0.4, 0.5) is 10.2 Å². The van der Waals surface area contributed by atoms with Gasteiger partial charge in [-0.05, 0) is 55.5 Å². The molecular weight excluding hydrogens is 537 g/mol. The van der Waals surface area contributed by atoms with Crippen LogP contribution in [0.25, 0.3) is 11.0 Å². The van der Waals surface area contributed by atoms with Gasteiger partial charge in [-0.25, -0.2) is 14.2 Å². The number of nitrogens with zero attached hydrogens (tertiary/aromatic N) is 5. The van der Waals surface area contributed by atoms with Crippen LogP contribution in [-0.4, -0.2) is 56.4 Å². The van der Waals surface area contributed by atoms with Gasteiger partial charge in [0.1, 0.15) is 23.8 Å². The zero-order chi connectivity index (χ0) is 27.6. The molecule has 9 nitrogen and oxygen atoms in total. The number of carboxylic acid groups (broad SMARTS) is 1. The molecule has 2 aliphatic heterocycles. The first-order valence-corrected chi connectivity index (χ1v) is 13.8. The van der Waals surface area contributed by atoms with Crippen LogP contribution >= 0.6 is 11.6 Å². The van der Waals surface area contributed by atoms with E-state index < -0.39 is 11.8 Å². The van der Waals surface area contributed by atoms with Crippen molar-refractivity contribution in [3.8, 4) is 5.88 Å². The summed E-state index contributed by atoms with van der Waals surface area (Å²) in [6.07, 6.45) is 5.00. The van der Waals surface area contributed by atoms with Crippen molar-refractivity contribution in [1.82, 2.24) is 19.5 Å². The largest absolute Gasteiger partial charge is 0.478 e. The summed E-state index contributed by atoms with van der Waals surface area (Å²) in [4.78, 5) is 27.5. The molecule has 5 heterocycles. The minimum atomic E-state index is -1.29. The summed E-state index contributed by atoms with van der Waals surface area (Å²) in [6.45, 7) is 3.10. The Hall–Kier alpha value is -3.76. The highest BCUT2D eigenvalue weighted by atomic mass is 35.5. The second kappa shape index (κ2) is 11.4. The van der Waals surface area contributed by atoms with Crippen LogP contribution in [0.15, 0.2) is 48.7 Å². The van der Waals surface area contributed by atoms with Crippen molar-refractivity contribution in [1.29, 1.82) is 0 Å². The molecule has 0 saturated carbocycles. The Kier molecular flexibility index (Phi) is 7.53. The normalized spacial score (nSPS) is 17.6. The average Bonchev–Trinajstić information content (AvgIpc) is 3.28. The number of piperidine rings is 1. The zero-order valence-electron chi connectivity index (χ0n) is 21.8. The number of anilines is 1. The van der Waals surface area contributed by atoms with Gasteiger partial charge in [0.2, 0.25) is 5.88 Å². The molecule has 3 aromatic heterocycles. The second-order valence-electron chi connectivity index (χ2n) is 10.2. The highest BCUT2D eigenvalue weighted by Gasteiger charge is 2.28. The summed E-state index contributed by atoms with van der Waals surface area (Å²) < 4.78 is 28.6. The molecule has 2 fully saturated rings. The van der Waals surface area contributed by atoms with Gasteiger partial charge in [0.15, 0.2) is 5.82 Å². The Balaban J connectivity index is 1.13. The number of imidazole rings is 1. The Morgan fingerprint density at radius 3 is 2.65 bits per heavy atom. The monoisotopic (exact) mass is 565 g/mol. The van der Waals surface area contributed by atoms with E-state index >= 15 is 4.39 Å². The molecule has 0 spiro atoms. The van der Waals surface area contributed by atoms with E-state index in [9.17, 15) is 9.90 Å². The fourth-order valence-electron chi connectivity index (χ4n) is 5.30. The van der Waals surface area contributed by atoms with Gasteiger partial charge in [0.25, 0.3) is 0 Å². The molecule has 0 aliphatic carbocycles. The minimum Gasteiger partial charge on any atom is -0.478 e. The van der Waals surface area contributed by atoms with E-state index in [-0.39, 0.29) is 17.2 Å². The number of aromatic nitrogens is 4. The lowest BCUT2D eigenvalue weighted by Gasteiger charge is -2.33. The van der Waals surface area contributed by atoms with Crippen LogP contribution in [0.3, 0.4) is 0 Å². The van der Waals surface area contributed by atoms with Gasteiger partial charge < -0.3 is 24.0 Å². The third-order valence-electron chi connectivity index (χ3n) is 7.61. The van der Waals surface area contributed by atoms with E-state index in [2.05, 4.69) is 9.88 Å². The molecule has 208 valence electrons. The molecule has 11 heteroatoms. The Labute approximate surface area is 235 Å². The van der Waals surface area contributed by atoms with Gasteiger partial charge >= 0.3 is 5.97 Å². The van der Waals surface area contributed by atoms with Gasteiger partial charge in [0, 0.05) is 38.4 Å². The molecule has 0 bridgehead atoms. The molecule has 0 unspecified atom stereocenters. The Morgan fingerprint density at radius 2 is 1.95 bits per heavy atom. The van der Waals surface area contributed by atoms with E-state index in [4.69, 9.17) is 31.0 Å². The Morgan fingerprint density at radius 1 is 1.12 bits per heavy atom. The van der Waals surface area contributed by atoms with Crippen LogP contribution < -0.4 is 9.64 Å². The summed E-state index contributed by atoms with van der Waals surface area (Å²) in [5, 5.41) is 10.0. The second-order valence-corrected chi connectivity index (χ2v) is 10.7. The number of carbonyl (C=O) groups is 1. The lowest BCUT2D eigenvalue weighted by molar-refractivity contribution is -0.0591. The van der Waals surface area contributed by atoms with Gasteiger partial charge in [-0.2, -0.15) is 4.98 Å². The summed E-state index contributed by atoms with van der Waals surface area (Å²) in [5.74, 6) is 0.494. The van der Waals surface area contributed by atoms with E-state index in [0.717, 1.165) is 49.7 Å². The summed E-state index contributed by atoms with van der Waals surface area (Å²) >= 11 is 5.90. The van der Waals surface area contributed by atoms with Crippen molar-refractivity contribution >= 4 is 34.4 Å². The third kappa shape index (κ3) is 5.59. The van der Waals surface area contributed by atoms with Crippen molar-refractivity contribution in [3.63, 3.8) is 0 Å². The maximum absolute atomic E-state index is 15.3. The smallest absolute Gasteiger partial charge is 0.338 e. The molecule has 0 amide bonds. The summed E-state index contributed by atoms with van der Waals surface area (Å²) in [5.41, 5.74) is 1.15. The fourth-order valence-corrected chi connectivity index (χ4v) is 5.42. The van der Waals surface area contributed by atoms with Gasteiger partial charge in [-0.1, -0.05) is 17.7 Å². The van der Waals surface area contributed by atoms with Crippen molar-refractivity contribution in [2.75, 3.05) is 24.6 Å². The molecular formula is C29H29ClFN5O4. The molecule has 1 aromatic carbocycles. The number of hydrogen-bond donors (Lipinski definition) is 1. The molecule has 1 atom stereocenters. The number of halogens is 2. The maximum Gasteiger partial charge on any atom is 0.338 e. The van der Waals surface area contributed by atoms with Crippen molar-refractivity contribution in [3.05, 3.63) is 76.6 Å². The first kappa shape index (κ1) is 26.5. The number of aromatic carboxylic acids is 1. The average molecular weight is 566 g/mol.